The van der Waals surface area contributed by atoms with E-state index in [0.717, 1.165) is 5.39 Å². The molecule has 0 spiro atoms. The van der Waals surface area contributed by atoms with E-state index >= 15 is 0 Å². The van der Waals surface area contributed by atoms with Crippen LogP contribution >= 0.6 is 15.9 Å². The van der Waals surface area contributed by atoms with Gasteiger partial charge in [-0.1, -0.05) is 30.3 Å². The fourth-order valence-corrected chi connectivity index (χ4v) is 2.44. The van der Waals surface area contributed by atoms with Crippen LogP contribution in [0.2, 0.25) is 0 Å². The number of para-hydroxylation sites is 1. The van der Waals surface area contributed by atoms with Gasteiger partial charge in [-0.25, -0.2) is 4.79 Å². The first-order valence-electron chi connectivity index (χ1n) is 6.24. The van der Waals surface area contributed by atoms with Gasteiger partial charge in [-0.05, 0) is 40.2 Å². The summed E-state index contributed by atoms with van der Waals surface area (Å²) in [5.74, 6) is -0.350. The van der Waals surface area contributed by atoms with Crippen molar-refractivity contribution in [2.24, 2.45) is 0 Å². The highest BCUT2D eigenvalue weighted by atomic mass is 79.9. The number of hydrogen-bond donors (Lipinski definition) is 1. The van der Waals surface area contributed by atoms with E-state index in [-0.39, 0.29) is 11.6 Å². The van der Waals surface area contributed by atoms with Crippen LogP contribution in [-0.2, 0) is 0 Å². The Morgan fingerprint density at radius 2 is 1.81 bits per heavy atom. The molecule has 0 aliphatic rings. The molecule has 21 heavy (non-hydrogen) atoms. The summed E-state index contributed by atoms with van der Waals surface area (Å²) < 4.78 is 5.94. The molecule has 5 heteroatoms. The maximum absolute atomic E-state index is 12.1. The van der Waals surface area contributed by atoms with Crippen LogP contribution in [0.3, 0.4) is 0 Å². The van der Waals surface area contributed by atoms with Crippen LogP contribution in [0.1, 0.15) is 10.4 Å². The lowest BCUT2D eigenvalue weighted by Crippen LogP contribution is -2.17. The summed E-state index contributed by atoms with van der Waals surface area (Å²) in [7, 11) is 0. The molecule has 0 aliphatic carbocycles. The van der Waals surface area contributed by atoms with Gasteiger partial charge in [0.05, 0.1) is 4.47 Å². The molecule has 1 N–H and O–H groups in total. The molecule has 3 aromatic rings. The van der Waals surface area contributed by atoms with Crippen LogP contribution < -0.4 is 10.9 Å². The second kappa shape index (κ2) is 5.54. The van der Waals surface area contributed by atoms with Crippen molar-refractivity contribution in [3.05, 3.63) is 75.1 Å². The summed E-state index contributed by atoms with van der Waals surface area (Å²) in [5, 5.41) is 3.31. The molecule has 104 valence electrons. The van der Waals surface area contributed by atoms with E-state index in [9.17, 15) is 9.59 Å². The first kappa shape index (κ1) is 13.6. The van der Waals surface area contributed by atoms with E-state index in [1.54, 1.807) is 42.5 Å². The Bertz CT molecular complexity index is 872. The lowest BCUT2D eigenvalue weighted by molar-refractivity contribution is 0.102. The number of hydrogen-bond acceptors (Lipinski definition) is 3. The maximum atomic E-state index is 12.1. The quantitative estimate of drug-likeness (QED) is 0.719. The predicted octanol–water partition coefficient (Wildman–Crippen LogP) is 3.81. The summed E-state index contributed by atoms with van der Waals surface area (Å²) in [6.45, 7) is 0. The molecule has 0 fully saturated rings. The highest BCUT2D eigenvalue weighted by Crippen LogP contribution is 2.24. The van der Waals surface area contributed by atoms with Gasteiger partial charge in [-0.15, -0.1) is 0 Å². The summed E-state index contributed by atoms with van der Waals surface area (Å²) in [4.78, 5) is 24.0. The minimum absolute atomic E-state index is 0.120. The molecule has 1 heterocycles. The molecule has 4 nitrogen and oxygen atoms in total. The van der Waals surface area contributed by atoms with Gasteiger partial charge in [0.1, 0.15) is 5.69 Å². The normalized spacial score (nSPS) is 10.5. The molecule has 0 aliphatic heterocycles. The lowest BCUT2D eigenvalue weighted by Gasteiger charge is -2.05. The molecule has 0 unspecified atom stereocenters. The average molecular weight is 344 g/mol. The van der Waals surface area contributed by atoms with Crippen molar-refractivity contribution >= 4 is 38.5 Å². The van der Waals surface area contributed by atoms with Gasteiger partial charge in [0.15, 0.2) is 5.58 Å². The summed E-state index contributed by atoms with van der Waals surface area (Å²) in [6.07, 6.45) is 0. The minimum atomic E-state index is -0.585. The zero-order chi connectivity index (χ0) is 14.8. The SMILES string of the molecule is O=C(Nc1cc2cccc(Br)c2oc1=O)c1ccccc1. The first-order valence-corrected chi connectivity index (χ1v) is 7.03. The Morgan fingerprint density at radius 1 is 1.05 bits per heavy atom. The van der Waals surface area contributed by atoms with Crippen molar-refractivity contribution in [1.82, 2.24) is 0 Å². The highest BCUT2D eigenvalue weighted by Gasteiger charge is 2.11. The minimum Gasteiger partial charge on any atom is -0.420 e. The van der Waals surface area contributed by atoms with Crippen molar-refractivity contribution in [2.75, 3.05) is 5.32 Å². The fraction of sp³-hybridized carbons (Fsp3) is 0. The van der Waals surface area contributed by atoms with Crippen molar-refractivity contribution in [2.45, 2.75) is 0 Å². The number of benzene rings is 2. The molecule has 0 bridgehead atoms. The third-order valence-corrected chi connectivity index (χ3v) is 3.62. The molecule has 1 aromatic heterocycles. The zero-order valence-electron chi connectivity index (χ0n) is 10.8. The molecular formula is C16H10BrNO3. The Hall–Kier alpha value is -2.40. The van der Waals surface area contributed by atoms with Crippen LogP contribution in [0, 0.1) is 0 Å². The van der Waals surface area contributed by atoms with Crippen LogP contribution in [0.4, 0.5) is 5.69 Å². The largest absolute Gasteiger partial charge is 0.420 e. The third-order valence-electron chi connectivity index (χ3n) is 3.00. The van der Waals surface area contributed by atoms with Crippen LogP contribution in [0.25, 0.3) is 11.0 Å². The molecular weight excluding hydrogens is 334 g/mol. The number of carbonyl (C=O) groups excluding carboxylic acids is 1. The van der Waals surface area contributed by atoms with Gasteiger partial charge < -0.3 is 9.73 Å². The number of anilines is 1. The second-order valence-corrected chi connectivity index (χ2v) is 5.28. The summed E-state index contributed by atoms with van der Waals surface area (Å²) in [6, 6.07) is 15.7. The highest BCUT2D eigenvalue weighted by molar-refractivity contribution is 9.10. The number of rotatable bonds is 2. The topological polar surface area (TPSA) is 59.3 Å². The van der Waals surface area contributed by atoms with Crippen molar-refractivity contribution in [3.8, 4) is 0 Å². The molecule has 2 aromatic carbocycles. The predicted molar refractivity (Wildman–Crippen MR) is 84.6 cm³/mol. The van der Waals surface area contributed by atoms with Crippen LogP contribution in [0.15, 0.2) is 68.3 Å². The zero-order valence-corrected chi connectivity index (χ0v) is 12.4. The molecule has 0 atom stereocenters. The van der Waals surface area contributed by atoms with Crippen LogP contribution in [-0.4, -0.2) is 5.91 Å². The monoisotopic (exact) mass is 343 g/mol. The Kier molecular flexibility index (Phi) is 3.58. The number of fused-ring (bicyclic) bond motifs is 1. The molecule has 0 radical (unpaired) electrons. The molecule has 0 saturated heterocycles. The van der Waals surface area contributed by atoms with Crippen molar-refractivity contribution in [3.63, 3.8) is 0 Å². The number of carbonyl (C=O) groups is 1. The van der Waals surface area contributed by atoms with Crippen molar-refractivity contribution in [1.29, 1.82) is 0 Å². The van der Waals surface area contributed by atoms with E-state index in [1.807, 2.05) is 12.1 Å². The van der Waals surface area contributed by atoms with E-state index in [2.05, 4.69) is 21.2 Å². The standard InChI is InChI=1S/C16H10BrNO3/c17-12-8-4-7-11-9-13(16(20)21-14(11)12)18-15(19)10-5-2-1-3-6-10/h1-9H,(H,18,19). The number of halogens is 1. The number of amides is 1. The van der Waals surface area contributed by atoms with Gasteiger partial charge in [0.25, 0.3) is 5.91 Å². The van der Waals surface area contributed by atoms with E-state index < -0.39 is 5.63 Å². The maximum Gasteiger partial charge on any atom is 0.360 e. The average Bonchev–Trinajstić information content (AvgIpc) is 2.50. The van der Waals surface area contributed by atoms with Gasteiger partial charge in [-0.3, -0.25) is 4.79 Å². The number of nitrogens with one attached hydrogen (secondary N) is 1. The Morgan fingerprint density at radius 3 is 2.57 bits per heavy atom. The Balaban J connectivity index is 2.00. The van der Waals surface area contributed by atoms with Crippen molar-refractivity contribution < 1.29 is 9.21 Å². The smallest absolute Gasteiger partial charge is 0.360 e. The fourth-order valence-electron chi connectivity index (χ4n) is 1.98. The summed E-state index contributed by atoms with van der Waals surface area (Å²) >= 11 is 3.32. The van der Waals surface area contributed by atoms with Gasteiger partial charge >= 0.3 is 5.63 Å². The second-order valence-electron chi connectivity index (χ2n) is 4.43. The molecule has 1 amide bonds. The van der Waals surface area contributed by atoms with E-state index in [4.69, 9.17) is 4.42 Å². The van der Waals surface area contributed by atoms with E-state index in [1.165, 1.54) is 0 Å². The summed E-state index contributed by atoms with van der Waals surface area (Å²) in [5.41, 5.74) is 0.472. The first-order chi connectivity index (χ1) is 10.1. The Labute approximate surface area is 128 Å². The molecule has 0 saturated carbocycles. The molecule has 3 rings (SSSR count). The van der Waals surface area contributed by atoms with Gasteiger partial charge in [0, 0.05) is 10.9 Å². The van der Waals surface area contributed by atoms with E-state index in [0.29, 0.717) is 15.6 Å². The lowest BCUT2D eigenvalue weighted by atomic mass is 10.2. The van der Waals surface area contributed by atoms with Gasteiger partial charge in [-0.2, -0.15) is 0 Å². The van der Waals surface area contributed by atoms with Crippen LogP contribution in [0.5, 0.6) is 0 Å². The third kappa shape index (κ3) is 2.73. The van der Waals surface area contributed by atoms with Gasteiger partial charge in [0.2, 0.25) is 0 Å².